The van der Waals surface area contributed by atoms with Gasteiger partial charge < -0.3 is 0 Å². The summed E-state index contributed by atoms with van der Waals surface area (Å²) in [6.07, 6.45) is 6.85. The molecule has 3 atom stereocenters. The first-order chi connectivity index (χ1) is 9.75. The van der Waals surface area contributed by atoms with Crippen molar-refractivity contribution >= 4 is 5.78 Å². The minimum absolute atomic E-state index is 0.108. The van der Waals surface area contributed by atoms with Crippen molar-refractivity contribution in [2.45, 2.75) is 45.1 Å². The monoisotopic (exact) mass is 271 g/mol. The third-order valence-electron chi connectivity index (χ3n) is 5.12. The zero-order valence-electron chi connectivity index (χ0n) is 12.4. The molecule has 0 radical (unpaired) electrons. The van der Waals surface area contributed by atoms with Crippen LogP contribution in [0.1, 0.15) is 49.4 Å². The second kappa shape index (κ2) is 6.09. The average Bonchev–Trinajstić information content (AvgIpc) is 2.97. The van der Waals surface area contributed by atoms with E-state index in [4.69, 9.17) is 0 Å². The highest BCUT2D eigenvalue weighted by Crippen LogP contribution is 2.37. The van der Waals surface area contributed by atoms with Crippen molar-refractivity contribution in [1.82, 2.24) is 4.90 Å². The van der Waals surface area contributed by atoms with Crippen molar-refractivity contribution in [2.75, 3.05) is 13.1 Å². The van der Waals surface area contributed by atoms with Crippen LogP contribution in [0.2, 0.25) is 0 Å². The van der Waals surface area contributed by atoms with Crippen LogP contribution in [0.4, 0.5) is 0 Å². The highest BCUT2D eigenvalue weighted by Gasteiger charge is 2.35. The van der Waals surface area contributed by atoms with Crippen molar-refractivity contribution in [2.24, 2.45) is 11.8 Å². The van der Waals surface area contributed by atoms with Gasteiger partial charge in [-0.3, -0.25) is 9.69 Å². The normalized spacial score (nSPS) is 28.1. The van der Waals surface area contributed by atoms with Crippen LogP contribution in [0.5, 0.6) is 0 Å². The lowest BCUT2D eigenvalue weighted by Crippen LogP contribution is -2.45. The number of hydrogen-bond acceptors (Lipinski definition) is 2. The van der Waals surface area contributed by atoms with E-state index in [9.17, 15) is 4.79 Å². The lowest BCUT2D eigenvalue weighted by Gasteiger charge is -2.39. The summed E-state index contributed by atoms with van der Waals surface area (Å²) in [5.41, 5.74) is 0.861. The van der Waals surface area contributed by atoms with Crippen LogP contribution < -0.4 is 0 Å². The van der Waals surface area contributed by atoms with E-state index in [0.717, 1.165) is 24.1 Å². The minimum Gasteiger partial charge on any atom is -0.299 e. The third-order valence-corrected chi connectivity index (χ3v) is 5.12. The van der Waals surface area contributed by atoms with Crippen molar-refractivity contribution in [3.05, 3.63) is 35.9 Å². The van der Waals surface area contributed by atoms with E-state index in [-0.39, 0.29) is 5.92 Å². The predicted octanol–water partition coefficient (Wildman–Crippen LogP) is 3.77. The molecule has 1 saturated carbocycles. The van der Waals surface area contributed by atoms with Crippen LogP contribution in [-0.2, 0) is 0 Å². The van der Waals surface area contributed by atoms with Gasteiger partial charge in [-0.25, -0.2) is 0 Å². The van der Waals surface area contributed by atoms with E-state index < -0.39 is 0 Å². The van der Waals surface area contributed by atoms with Gasteiger partial charge in [0.25, 0.3) is 0 Å². The second-order valence-electron chi connectivity index (χ2n) is 6.53. The Morgan fingerprint density at radius 2 is 1.95 bits per heavy atom. The summed E-state index contributed by atoms with van der Waals surface area (Å²) in [6, 6.07) is 10.5. The molecule has 2 fully saturated rings. The number of carbonyl (C=O) groups excluding carboxylic acids is 1. The smallest absolute Gasteiger partial charge is 0.166 e. The van der Waals surface area contributed by atoms with E-state index in [1.54, 1.807) is 0 Å². The molecule has 0 bridgehead atoms. The number of ketones is 1. The Kier molecular flexibility index (Phi) is 4.21. The first-order valence-electron chi connectivity index (χ1n) is 8.09. The van der Waals surface area contributed by atoms with Gasteiger partial charge >= 0.3 is 0 Å². The van der Waals surface area contributed by atoms with Crippen molar-refractivity contribution < 1.29 is 4.79 Å². The van der Waals surface area contributed by atoms with Crippen LogP contribution in [0, 0.1) is 11.8 Å². The summed E-state index contributed by atoms with van der Waals surface area (Å²) in [7, 11) is 0. The second-order valence-corrected chi connectivity index (χ2v) is 6.53. The fourth-order valence-electron chi connectivity index (χ4n) is 4.11. The van der Waals surface area contributed by atoms with Gasteiger partial charge in [0, 0.05) is 24.1 Å². The molecule has 0 amide bonds. The van der Waals surface area contributed by atoms with E-state index in [1.807, 2.05) is 30.3 Å². The molecule has 1 aromatic carbocycles. The molecule has 20 heavy (non-hydrogen) atoms. The molecule has 0 aromatic heterocycles. The van der Waals surface area contributed by atoms with Crippen LogP contribution in [0.3, 0.4) is 0 Å². The maximum absolute atomic E-state index is 12.5. The number of benzene rings is 1. The molecule has 0 spiro atoms. The SMILES string of the molecule is CC(CN1CCCC2CCCC21)C(=O)c1ccccc1. The molecule has 3 unspecified atom stereocenters. The number of rotatable bonds is 4. The van der Waals surface area contributed by atoms with Crippen LogP contribution in [0.25, 0.3) is 0 Å². The summed E-state index contributed by atoms with van der Waals surface area (Å²) in [6.45, 7) is 4.22. The highest BCUT2D eigenvalue weighted by atomic mass is 16.1. The molecule has 1 aliphatic carbocycles. The molecule has 0 N–H and O–H groups in total. The molecular formula is C18H25NO. The molecule has 2 nitrogen and oxygen atoms in total. The van der Waals surface area contributed by atoms with Crippen molar-refractivity contribution in [1.29, 1.82) is 0 Å². The fraction of sp³-hybridized carbons (Fsp3) is 0.611. The lowest BCUT2D eigenvalue weighted by molar-refractivity contribution is 0.0754. The van der Waals surface area contributed by atoms with E-state index in [1.165, 1.54) is 38.6 Å². The molecule has 108 valence electrons. The third kappa shape index (κ3) is 2.80. The number of carbonyl (C=O) groups is 1. The highest BCUT2D eigenvalue weighted by molar-refractivity contribution is 5.97. The summed E-state index contributed by atoms with van der Waals surface area (Å²) in [5, 5.41) is 0. The molecule has 1 heterocycles. The first kappa shape index (κ1) is 13.8. The van der Waals surface area contributed by atoms with E-state index >= 15 is 0 Å². The number of likely N-dealkylation sites (tertiary alicyclic amines) is 1. The van der Waals surface area contributed by atoms with Gasteiger partial charge in [-0.1, -0.05) is 43.7 Å². The van der Waals surface area contributed by atoms with Gasteiger partial charge in [0.05, 0.1) is 0 Å². The Labute approximate surface area is 122 Å². The van der Waals surface area contributed by atoms with Crippen LogP contribution in [0.15, 0.2) is 30.3 Å². The number of hydrogen-bond donors (Lipinski definition) is 0. The van der Waals surface area contributed by atoms with Gasteiger partial charge in [0.2, 0.25) is 0 Å². The minimum atomic E-state index is 0.108. The van der Waals surface area contributed by atoms with E-state index in [2.05, 4.69) is 11.8 Å². The molecule has 2 aliphatic rings. The topological polar surface area (TPSA) is 20.3 Å². The zero-order valence-corrected chi connectivity index (χ0v) is 12.4. The Morgan fingerprint density at radius 1 is 1.20 bits per heavy atom. The molecule has 1 aliphatic heterocycles. The quantitative estimate of drug-likeness (QED) is 0.777. The first-order valence-corrected chi connectivity index (χ1v) is 8.09. The van der Waals surface area contributed by atoms with Crippen LogP contribution in [-0.4, -0.2) is 29.8 Å². The van der Waals surface area contributed by atoms with Gasteiger partial charge in [0.15, 0.2) is 5.78 Å². The Bertz CT molecular complexity index is 456. The van der Waals surface area contributed by atoms with Gasteiger partial charge in [-0.05, 0) is 38.1 Å². The predicted molar refractivity (Wildman–Crippen MR) is 81.9 cm³/mol. The number of nitrogens with zero attached hydrogens (tertiary/aromatic N) is 1. The number of fused-ring (bicyclic) bond motifs is 1. The molecular weight excluding hydrogens is 246 g/mol. The molecule has 3 rings (SSSR count). The molecule has 1 saturated heterocycles. The standard InChI is InChI=1S/C18H25NO/c1-14(18(20)16-7-3-2-4-8-16)13-19-12-6-10-15-9-5-11-17(15)19/h2-4,7-8,14-15,17H,5-6,9-13H2,1H3. The fourth-order valence-corrected chi connectivity index (χ4v) is 4.11. The Morgan fingerprint density at radius 3 is 2.75 bits per heavy atom. The van der Waals surface area contributed by atoms with Gasteiger partial charge in [0.1, 0.15) is 0 Å². The number of piperidine rings is 1. The Hall–Kier alpha value is -1.15. The average molecular weight is 271 g/mol. The van der Waals surface area contributed by atoms with Gasteiger partial charge in [-0.2, -0.15) is 0 Å². The van der Waals surface area contributed by atoms with E-state index in [0.29, 0.717) is 5.78 Å². The lowest BCUT2D eigenvalue weighted by atomic mass is 9.90. The molecule has 1 aromatic rings. The maximum atomic E-state index is 12.5. The summed E-state index contributed by atoms with van der Waals surface area (Å²) in [5.74, 6) is 1.31. The van der Waals surface area contributed by atoms with Crippen molar-refractivity contribution in [3.8, 4) is 0 Å². The summed E-state index contributed by atoms with van der Waals surface area (Å²) >= 11 is 0. The van der Waals surface area contributed by atoms with Gasteiger partial charge in [-0.15, -0.1) is 0 Å². The Balaban J connectivity index is 1.63. The van der Waals surface area contributed by atoms with Crippen LogP contribution >= 0.6 is 0 Å². The maximum Gasteiger partial charge on any atom is 0.166 e. The number of Topliss-reactive ketones (excluding diaryl/α,β-unsaturated/α-hetero) is 1. The summed E-state index contributed by atoms with van der Waals surface area (Å²) in [4.78, 5) is 15.1. The zero-order chi connectivity index (χ0) is 13.9. The summed E-state index contributed by atoms with van der Waals surface area (Å²) < 4.78 is 0. The molecule has 2 heteroatoms. The largest absolute Gasteiger partial charge is 0.299 e. The van der Waals surface area contributed by atoms with Crippen molar-refractivity contribution in [3.63, 3.8) is 0 Å².